The minimum absolute atomic E-state index is 0.0482. The molecule has 5 aromatic rings. The molecule has 0 saturated carbocycles. The number of hydrogen-bond acceptors (Lipinski definition) is 5. The van der Waals surface area contributed by atoms with Gasteiger partial charge in [0.25, 0.3) is 0 Å². The molecule has 0 aliphatic carbocycles. The van der Waals surface area contributed by atoms with Crippen molar-refractivity contribution in [3.8, 4) is 16.9 Å². The summed E-state index contributed by atoms with van der Waals surface area (Å²) < 4.78 is 63.7. The van der Waals surface area contributed by atoms with Crippen molar-refractivity contribution in [2.75, 3.05) is 19.8 Å². The van der Waals surface area contributed by atoms with Gasteiger partial charge >= 0.3 is 12.1 Å². The highest BCUT2D eigenvalue weighted by Gasteiger charge is 2.40. The highest BCUT2D eigenvalue weighted by molar-refractivity contribution is 6.05. The van der Waals surface area contributed by atoms with E-state index >= 15 is 0 Å². The van der Waals surface area contributed by atoms with Crippen LogP contribution >= 0.6 is 0 Å². The van der Waals surface area contributed by atoms with Crippen molar-refractivity contribution < 1.29 is 32.2 Å². The third kappa shape index (κ3) is 5.70. The maximum absolute atomic E-state index is 14.4. The Kier molecular flexibility index (Phi) is 8.42. The van der Waals surface area contributed by atoms with Crippen LogP contribution in [0.2, 0.25) is 0 Å². The number of allylic oxidation sites excluding steroid dienone is 1. The fourth-order valence-electron chi connectivity index (χ4n) is 6.19. The van der Waals surface area contributed by atoms with Crippen LogP contribution in [0.25, 0.3) is 32.8 Å². The van der Waals surface area contributed by atoms with Gasteiger partial charge < -0.3 is 18.8 Å². The number of rotatable bonds is 7. The van der Waals surface area contributed by atoms with E-state index < -0.39 is 17.8 Å². The SMILES string of the molecule is CCOC(=O)c1c(CCCOc2c(C)ccc3ccccc23)c2cccc3c2n1C/C=C\COCc1c-3c(C(F)(F)F)nn1C. The third-order valence-corrected chi connectivity index (χ3v) is 8.16. The Morgan fingerprint density at radius 1 is 1.04 bits per heavy atom. The lowest BCUT2D eigenvalue weighted by Gasteiger charge is -2.13. The molecule has 0 amide bonds. The Morgan fingerprint density at radius 2 is 1.84 bits per heavy atom. The molecule has 0 atom stereocenters. The molecule has 0 unspecified atom stereocenters. The third-order valence-electron chi connectivity index (χ3n) is 8.16. The molecule has 6 rings (SSSR count). The number of nitrogens with zero attached hydrogens (tertiary/aromatic N) is 3. The van der Waals surface area contributed by atoms with Crippen LogP contribution in [0.4, 0.5) is 13.2 Å². The maximum atomic E-state index is 14.4. The highest BCUT2D eigenvalue weighted by atomic mass is 19.4. The number of alkyl halides is 3. The Labute approximate surface area is 258 Å². The number of benzene rings is 3. The number of esters is 1. The molecule has 1 aliphatic heterocycles. The molecule has 10 heteroatoms. The first kappa shape index (κ1) is 30.5. The van der Waals surface area contributed by atoms with E-state index in [2.05, 4.69) is 11.2 Å². The van der Waals surface area contributed by atoms with Gasteiger partial charge in [0, 0.05) is 35.5 Å². The first-order valence-electron chi connectivity index (χ1n) is 15.0. The van der Waals surface area contributed by atoms with Gasteiger partial charge in [0.15, 0.2) is 5.69 Å². The summed E-state index contributed by atoms with van der Waals surface area (Å²) in [6, 6.07) is 17.4. The van der Waals surface area contributed by atoms with Crippen molar-refractivity contribution in [3.05, 3.63) is 95.0 Å². The second kappa shape index (κ2) is 12.4. The van der Waals surface area contributed by atoms with Crippen molar-refractivity contribution in [2.45, 2.75) is 46.0 Å². The van der Waals surface area contributed by atoms with Gasteiger partial charge in [-0.25, -0.2) is 4.79 Å². The molecule has 1 aliphatic rings. The van der Waals surface area contributed by atoms with E-state index in [0.29, 0.717) is 52.9 Å². The number of aryl methyl sites for hydroxylation is 3. The topological polar surface area (TPSA) is 67.5 Å². The smallest absolute Gasteiger partial charge is 0.435 e. The lowest BCUT2D eigenvalue weighted by atomic mass is 9.97. The van der Waals surface area contributed by atoms with Crippen LogP contribution in [0.1, 0.15) is 46.3 Å². The number of halogens is 3. The average Bonchev–Trinajstić information content (AvgIpc) is 3.51. The number of hydrogen-bond donors (Lipinski definition) is 0. The van der Waals surface area contributed by atoms with Gasteiger partial charge in [0.2, 0.25) is 0 Å². The molecule has 234 valence electrons. The molecule has 0 fully saturated rings. The van der Waals surface area contributed by atoms with E-state index in [0.717, 1.165) is 22.1 Å². The summed E-state index contributed by atoms with van der Waals surface area (Å²) >= 11 is 0. The van der Waals surface area contributed by atoms with Crippen LogP contribution in [0.3, 0.4) is 0 Å². The van der Waals surface area contributed by atoms with Crippen molar-refractivity contribution >= 4 is 27.6 Å². The van der Waals surface area contributed by atoms with Crippen LogP contribution in [-0.4, -0.2) is 40.1 Å². The Balaban J connectivity index is 1.47. The Morgan fingerprint density at radius 3 is 2.64 bits per heavy atom. The molecule has 3 aromatic carbocycles. The van der Waals surface area contributed by atoms with Gasteiger partial charge in [-0.05, 0) is 43.2 Å². The van der Waals surface area contributed by atoms with E-state index in [4.69, 9.17) is 14.2 Å². The van der Waals surface area contributed by atoms with Crippen LogP contribution in [0.5, 0.6) is 5.75 Å². The molecule has 0 N–H and O–H groups in total. The largest absolute Gasteiger partial charge is 0.493 e. The van der Waals surface area contributed by atoms with Gasteiger partial charge in [-0.2, -0.15) is 18.3 Å². The van der Waals surface area contributed by atoms with Crippen molar-refractivity contribution in [1.29, 1.82) is 0 Å². The van der Waals surface area contributed by atoms with E-state index in [9.17, 15) is 18.0 Å². The van der Waals surface area contributed by atoms with Crippen LogP contribution < -0.4 is 4.74 Å². The maximum Gasteiger partial charge on any atom is 0.435 e. The Bertz CT molecular complexity index is 1920. The lowest BCUT2D eigenvalue weighted by molar-refractivity contribution is -0.140. The molecule has 7 nitrogen and oxygen atoms in total. The zero-order chi connectivity index (χ0) is 31.7. The molecular formula is C35H34F3N3O4. The highest BCUT2D eigenvalue weighted by Crippen LogP contribution is 2.43. The average molecular weight is 618 g/mol. The van der Waals surface area contributed by atoms with E-state index in [1.807, 2.05) is 49.4 Å². The number of carbonyl (C=O) groups is 1. The Hall–Kier alpha value is -4.57. The second-order valence-electron chi connectivity index (χ2n) is 11.0. The fraction of sp³-hybridized carbons (Fsp3) is 0.314. The lowest BCUT2D eigenvalue weighted by Crippen LogP contribution is -2.15. The monoisotopic (exact) mass is 617 g/mol. The first-order valence-corrected chi connectivity index (χ1v) is 15.0. The molecule has 0 bridgehead atoms. The van der Waals surface area contributed by atoms with E-state index in [-0.39, 0.29) is 31.9 Å². The summed E-state index contributed by atoms with van der Waals surface area (Å²) in [5.74, 6) is 0.288. The van der Waals surface area contributed by atoms with Gasteiger partial charge in [0.1, 0.15) is 11.4 Å². The molecule has 2 aromatic heterocycles. The number of ether oxygens (including phenoxy) is 3. The quantitative estimate of drug-likeness (QED) is 0.106. The molecule has 45 heavy (non-hydrogen) atoms. The normalized spacial score (nSPS) is 14.3. The standard InChI is InChI=1S/C35H34F3N3O4/c1-4-44-34(42)31-26(15-10-20-45-32-22(2)16-17-23-11-5-6-12-24(23)32)25-13-9-14-27-29-28(40(3)39-33(29)35(36,37)38)21-43-19-8-7-18-41(31)30(25)27/h5-9,11-14,16-17H,4,10,15,18-21H2,1-3H3/b8-7-. The number of para-hydroxylation sites is 1. The van der Waals surface area contributed by atoms with Crippen molar-refractivity contribution in [2.24, 2.45) is 7.05 Å². The predicted octanol–water partition coefficient (Wildman–Crippen LogP) is 7.80. The van der Waals surface area contributed by atoms with Crippen LogP contribution in [0.15, 0.2) is 66.7 Å². The summed E-state index contributed by atoms with van der Waals surface area (Å²) in [6.07, 6.45) is -0.0332. The van der Waals surface area contributed by atoms with Crippen molar-refractivity contribution in [1.82, 2.24) is 14.3 Å². The molecule has 0 spiro atoms. The van der Waals surface area contributed by atoms with Gasteiger partial charge in [-0.15, -0.1) is 0 Å². The number of carbonyl (C=O) groups excluding carboxylic acids is 1. The van der Waals surface area contributed by atoms with Gasteiger partial charge in [0.05, 0.1) is 37.6 Å². The fourth-order valence-corrected chi connectivity index (χ4v) is 6.19. The van der Waals surface area contributed by atoms with Gasteiger partial charge in [-0.3, -0.25) is 4.68 Å². The van der Waals surface area contributed by atoms with E-state index in [1.165, 1.54) is 11.7 Å². The minimum atomic E-state index is -4.70. The summed E-state index contributed by atoms with van der Waals surface area (Å²) in [4.78, 5) is 13.6. The van der Waals surface area contributed by atoms with Crippen molar-refractivity contribution in [3.63, 3.8) is 0 Å². The number of aromatic nitrogens is 3. The first-order chi connectivity index (χ1) is 21.7. The second-order valence-corrected chi connectivity index (χ2v) is 11.0. The van der Waals surface area contributed by atoms with Crippen LogP contribution in [-0.2, 0) is 42.3 Å². The summed E-state index contributed by atoms with van der Waals surface area (Å²) in [5, 5.41) is 6.67. The zero-order valence-corrected chi connectivity index (χ0v) is 25.4. The summed E-state index contributed by atoms with van der Waals surface area (Å²) in [7, 11) is 1.49. The molecule has 3 heterocycles. The summed E-state index contributed by atoms with van der Waals surface area (Å²) in [6.45, 7) is 4.65. The van der Waals surface area contributed by atoms with E-state index in [1.54, 1.807) is 29.7 Å². The number of fused-ring (bicyclic) bond motifs is 3. The molecule has 0 radical (unpaired) electrons. The van der Waals surface area contributed by atoms with Gasteiger partial charge in [-0.1, -0.05) is 66.7 Å². The zero-order valence-electron chi connectivity index (χ0n) is 25.4. The minimum Gasteiger partial charge on any atom is -0.493 e. The molecular weight excluding hydrogens is 583 g/mol. The summed E-state index contributed by atoms with van der Waals surface area (Å²) in [5.41, 5.74) is 2.17. The van der Waals surface area contributed by atoms with Crippen LogP contribution in [0, 0.1) is 6.92 Å². The molecule has 0 saturated heterocycles. The predicted molar refractivity (Wildman–Crippen MR) is 166 cm³/mol.